The average Bonchev–Trinajstić information content (AvgIpc) is 2.54. The molecular weight excluding hydrogens is 178 g/mol. The Bertz CT molecular complexity index is 325. The van der Waals surface area contributed by atoms with Crippen molar-refractivity contribution in [2.75, 3.05) is 0 Å². The Kier molecular flexibility index (Phi) is 1.99. The van der Waals surface area contributed by atoms with Gasteiger partial charge in [-0.3, -0.25) is 0 Å². The van der Waals surface area contributed by atoms with Crippen LogP contribution < -0.4 is 0 Å². The lowest BCUT2D eigenvalue weighted by Gasteiger charge is -2.00. The lowest BCUT2D eigenvalue weighted by atomic mass is 10.1. The van der Waals surface area contributed by atoms with Crippen LogP contribution in [0.3, 0.4) is 0 Å². The summed E-state index contributed by atoms with van der Waals surface area (Å²) in [6.07, 6.45) is 2.40. The molecule has 0 N–H and O–H groups in total. The maximum Gasteiger partial charge on any atom is 0.0928 e. The zero-order valence-corrected chi connectivity index (χ0v) is 9.66. The third-order valence-corrected chi connectivity index (χ3v) is 4.15. The molecule has 0 saturated heterocycles. The van der Waals surface area contributed by atoms with Gasteiger partial charge in [0.2, 0.25) is 0 Å². The standard InChI is InChI=1S/C11H17NS/c1-5-9-12-10(7(2)13-9)8-6-11(8,3)4/h8H,5-6H2,1-4H3. The van der Waals surface area contributed by atoms with Crippen LogP contribution in [0.5, 0.6) is 0 Å². The van der Waals surface area contributed by atoms with Gasteiger partial charge in [0.15, 0.2) is 0 Å². The van der Waals surface area contributed by atoms with E-state index in [0.29, 0.717) is 5.41 Å². The molecule has 0 amide bonds. The van der Waals surface area contributed by atoms with E-state index in [9.17, 15) is 0 Å². The lowest BCUT2D eigenvalue weighted by molar-refractivity contribution is 0.615. The Morgan fingerprint density at radius 2 is 2.15 bits per heavy atom. The van der Waals surface area contributed by atoms with E-state index in [0.717, 1.165) is 12.3 Å². The fourth-order valence-corrected chi connectivity index (χ4v) is 2.81. The predicted octanol–water partition coefficient (Wildman–Crippen LogP) is 3.53. The molecule has 1 fully saturated rings. The van der Waals surface area contributed by atoms with Crippen molar-refractivity contribution in [3.05, 3.63) is 15.6 Å². The van der Waals surface area contributed by atoms with E-state index >= 15 is 0 Å². The van der Waals surface area contributed by atoms with Crippen LogP contribution in [0.1, 0.15) is 48.7 Å². The largest absolute Gasteiger partial charge is 0.246 e. The van der Waals surface area contributed by atoms with Crippen LogP contribution in [0.2, 0.25) is 0 Å². The summed E-state index contributed by atoms with van der Waals surface area (Å²) in [7, 11) is 0. The normalized spacial score (nSPS) is 24.8. The van der Waals surface area contributed by atoms with Gasteiger partial charge in [0.1, 0.15) is 0 Å². The molecule has 1 heterocycles. The van der Waals surface area contributed by atoms with Crippen LogP contribution in [0, 0.1) is 12.3 Å². The summed E-state index contributed by atoms with van der Waals surface area (Å²) in [5.41, 5.74) is 1.90. The Morgan fingerprint density at radius 3 is 2.54 bits per heavy atom. The van der Waals surface area contributed by atoms with Gasteiger partial charge in [-0.1, -0.05) is 20.8 Å². The molecule has 72 valence electrons. The van der Waals surface area contributed by atoms with E-state index in [4.69, 9.17) is 4.98 Å². The van der Waals surface area contributed by atoms with Crippen LogP contribution >= 0.6 is 11.3 Å². The first-order chi connectivity index (χ1) is 6.04. The number of aryl methyl sites for hydroxylation is 2. The zero-order valence-electron chi connectivity index (χ0n) is 8.85. The second-order valence-electron chi connectivity index (χ2n) is 4.65. The fourth-order valence-electron chi connectivity index (χ4n) is 1.87. The maximum atomic E-state index is 4.70. The van der Waals surface area contributed by atoms with Crippen LogP contribution in [0.25, 0.3) is 0 Å². The topological polar surface area (TPSA) is 12.9 Å². The molecule has 0 aliphatic heterocycles. The number of aromatic nitrogens is 1. The summed E-state index contributed by atoms with van der Waals surface area (Å²) < 4.78 is 0. The van der Waals surface area contributed by atoms with E-state index in [2.05, 4.69) is 27.7 Å². The Labute approximate surface area is 84.2 Å². The minimum absolute atomic E-state index is 0.518. The smallest absolute Gasteiger partial charge is 0.0928 e. The molecule has 1 aliphatic rings. The summed E-state index contributed by atoms with van der Waals surface area (Å²) in [6, 6.07) is 0. The number of hydrogen-bond donors (Lipinski definition) is 0. The number of nitrogens with zero attached hydrogens (tertiary/aromatic N) is 1. The second-order valence-corrected chi connectivity index (χ2v) is 5.94. The van der Waals surface area contributed by atoms with Gasteiger partial charge in [0.25, 0.3) is 0 Å². The first kappa shape index (κ1) is 9.20. The third-order valence-electron chi connectivity index (χ3n) is 3.02. The highest BCUT2D eigenvalue weighted by atomic mass is 32.1. The molecule has 2 heteroatoms. The summed E-state index contributed by atoms with van der Waals surface area (Å²) in [5.74, 6) is 0.740. The zero-order chi connectivity index (χ0) is 9.64. The van der Waals surface area contributed by atoms with E-state index < -0.39 is 0 Å². The SMILES string of the molecule is CCc1nc(C2CC2(C)C)c(C)s1. The van der Waals surface area contributed by atoms with Crippen LogP contribution in [0.4, 0.5) is 0 Å². The molecule has 1 saturated carbocycles. The molecule has 1 unspecified atom stereocenters. The van der Waals surface area contributed by atoms with Crippen LogP contribution in [-0.4, -0.2) is 4.98 Å². The minimum Gasteiger partial charge on any atom is -0.246 e. The van der Waals surface area contributed by atoms with E-state index in [1.165, 1.54) is 22.0 Å². The summed E-state index contributed by atoms with van der Waals surface area (Å²) >= 11 is 1.87. The molecule has 0 aromatic carbocycles. The van der Waals surface area contributed by atoms with Gasteiger partial charge in [0, 0.05) is 10.8 Å². The van der Waals surface area contributed by atoms with Crippen molar-refractivity contribution in [3.63, 3.8) is 0 Å². The van der Waals surface area contributed by atoms with Crippen molar-refractivity contribution in [1.82, 2.24) is 4.98 Å². The Hall–Kier alpha value is -0.370. The molecule has 13 heavy (non-hydrogen) atoms. The van der Waals surface area contributed by atoms with Crippen LogP contribution in [0.15, 0.2) is 0 Å². The van der Waals surface area contributed by atoms with Crippen LogP contribution in [-0.2, 0) is 6.42 Å². The summed E-state index contributed by atoms with van der Waals surface area (Å²) in [5, 5.41) is 1.30. The molecule has 2 rings (SSSR count). The fraction of sp³-hybridized carbons (Fsp3) is 0.727. The highest BCUT2D eigenvalue weighted by molar-refractivity contribution is 7.11. The predicted molar refractivity (Wildman–Crippen MR) is 57.4 cm³/mol. The van der Waals surface area contributed by atoms with Crippen molar-refractivity contribution in [1.29, 1.82) is 0 Å². The highest BCUT2D eigenvalue weighted by Crippen LogP contribution is 2.59. The van der Waals surface area contributed by atoms with Crippen molar-refractivity contribution < 1.29 is 0 Å². The van der Waals surface area contributed by atoms with Gasteiger partial charge < -0.3 is 0 Å². The Morgan fingerprint density at radius 1 is 1.54 bits per heavy atom. The molecule has 1 aromatic heterocycles. The summed E-state index contributed by atoms with van der Waals surface area (Å²) in [6.45, 7) is 9.06. The van der Waals surface area contributed by atoms with E-state index in [-0.39, 0.29) is 0 Å². The minimum atomic E-state index is 0.518. The highest BCUT2D eigenvalue weighted by Gasteiger charge is 2.48. The molecule has 1 atom stereocenters. The van der Waals surface area contributed by atoms with Crippen molar-refractivity contribution in [3.8, 4) is 0 Å². The summed E-state index contributed by atoms with van der Waals surface area (Å²) in [4.78, 5) is 6.14. The van der Waals surface area contributed by atoms with Crippen molar-refractivity contribution in [2.45, 2.75) is 46.5 Å². The average molecular weight is 195 g/mol. The quantitative estimate of drug-likeness (QED) is 0.703. The van der Waals surface area contributed by atoms with Crippen molar-refractivity contribution >= 4 is 11.3 Å². The Balaban J connectivity index is 2.26. The third kappa shape index (κ3) is 1.52. The number of hydrogen-bond acceptors (Lipinski definition) is 2. The molecule has 1 aliphatic carbocycles. The first-order valence-electron chi connectivity index (χ1n) is 5.01. The molecule has 1 nitrogen and oxygen atoms in total. The van der Waals surface area contributed by atoms with Gasteiger partial charge in [-0.2, -0.15) is 0 Å². The molecule has 0 bridgehead atoms. The van der Waals surface area contributed by atoms with Gasteiger partial charge in [-0.25, -0.2) is 4.98 Å². The van der Waals surface area contributed by atoms with Gasteiger partial charge in [-0.15, -0.1) is 11.3 Å². The number of thiazole rings is 1. The molecule has 1 aromatic rings. The molecular formula is C11H17NS. The van der Waals surface area contributed by atoms with Gasteiger partial charge >= 0.3 is 0 Å². The van der Waals surface area contributed by atoms with Crippen molar-refractivity contribution in [2.24, 2.45) is 5.41 Å². The van der Waals surface area contributed by atoms with E-state index in [1.54, 1.807) is 0 Å². The number of rotatable bonds is 2. The second kappa shape index (κ2) is 2.81. The first-order valence-corrected chi connectivity index (χ1v) is 5.82. The monoisotopic (exact) mass is 195 g/mol. The van der Waals surface area contributed by atoms with Gasteiger partial charge in [0.05, 0.1) is 10.7 Å². The molecule has 0 spiro atoms. The lowest BCUT2D eigenvalue weighted by Crippen LogP contribution is -1.92. The van der Waals surface area contributed by atoms with Gasteiger partial charge in [-0.05, 0) is 25.2 Å². The maximum absolute atomic E-state index is 4.70. The molecule has 0 radical (unpaired) electrons. The van der Waals surface area contributed by atoms with E-state index in [1.807, 2.05) is 11.3 Å².